The third-order valence-electron chi connectivity index (χ3n) is 4.02. The predicted octanol–water partition coefficient (Wildman–Crippen LogP) is 2.93. The largest absolute Gasteiger partial charge is 0.496 e. The van der Waals surface area contributed by atoms with Gasteiger partial charge in [0.25, 0.3) is 5.91 Å². The number of hydrogen-bond donors (Lipinski definition) is 2. The van der Waals surface area contributed by atoms with Gasteiger partial charge in [-0.1, -0.05) is 0 Å². The SMILES string of the molecule is COc1cc(OC)c(C(=O)Nc2ccc3c(c2)CCN3)cc1OC. The molecule has 6 heteroatoms. The molecular formula is C18H20N2O4. The van der Waals surface area contributed by atoms with Crippen molar-refractivity contribution in [2.24, 2.45) is 0 Å². The first-order valence-corrected chi connectivity index (χ1v) is 7.64. The summed E-state index contributed by atoms with van der Waals surface area (Å²) in [6.45, 7) is 0.927. The number of ether oxygens (including phenoxy) is 3. The zero-order valence-corrected chi connectivity index (χ0v) is 13.9. The number of methoxy groups -OCH3 is 3. The van der Waals surface area contributed by atoms with E-state index in [1.54, 1.807) is 12.1 Å². The quantitative estimate of drug-likeness (QED) is 0.883. The van der Waals surface area contributed by atoms with E-state index in [1.807, 2.05) is 18.2 Å². The van der Waals surface area contributed by atoms with Gasteiger partial charge in [-0.2, -0.15) is 0 Å². The normalized spacial score (nSPS) is 12.1. The van der Waals surface area contributed by atoms with Crippen LogP contribution in [0, 0.1) is 0 Å². The Kier molecular flexibility index (Phi) is 4.46. The number of amides is 1. The molecule has 0 spiro atoms. The third-order valence-corrected chi connectivity index (χ3v) is 4.02. The molecule has 0 unspecified atom stereocenters. The Bertz CT molecular complexity index is 774. The van der Waals surface area contributed by atoms with Crippen molar-refractivity contribution in [3.8, 4) is 17.2 Å². The number of nitrogens with one attached hydrogen (secondary N) is 2. The predicted molar refractivity (Wildman–Crippen MR) is 92.7 cm³/mol. The number of benzene rings is 2. The van der Waals surface area contributed by atoms with E-state index in [4.69, 9.17) is 14.2 Å². The molecule has 6 nitrogen and oxygen atoms in total. The summed E-state index contributed by atoms with van der Waals surface area (Å²) in [4.78, 5) is 12.7. The number of hydrogen-bond acceptors (Lipinski definition) is 5. The molecule has 126 valence electrons. The summed E-state index contributed by atoms with van der Waals surface area (Å²) in [5.74, 6) is 1.14. The van der Waals surface area contributed by atoms with Crippen LogP contribution in [0.4, 0.5) is 11.4 Å². The van der Waals surface area contributed by atoms with Crippen LogP contribution in [-0.2, 0) is 6.42 Å². The lowest BCUT2D eigenvalue weighted by Crippen LogP contribution is -2.13. The molecule has 0 radical (unpaired) electrons. The molecule has 0 atom stereocenters. The molecular weight excluding hydrogens is 308 g/mol. The van der Waals surface area contributed by atoms with Crippen LogP contribution in [0.15, 0.2) is 30.3 Å². The summed E-state index contributed by atoms with van der Waals surface area (Å²) in [7, 11) is 4.58. The second-order valence-corrected chi connectivity index (χ2v) is 5.41. The average molecular weight is 328 g/mol. The Morgan fingerprint density at radius 2 is 1.71 bits per heavy atom. The molecule has 2 N–H and O–H groups in total. The van der Waals surface area contributed by atoms with Gasteiger partial charge in [0.05, 0.1) is 26.9 Å². The second-order valence-electron chi connectivity index (χ2n) is 5.41. The van der Waals surface area contributed by atoms with Crippen molar-refractivity contribution in [2.45, 2.75) is 6.42 Å². The topological polar surface area (TPSA) is 68.8 Å². The number of carbonyl (C=O) groups is 1. The fraction of sp³-hybridized carbons (Fsp3) is 0.278. The molecule has 2 aromatic carbocycles. The Balaban J connectivity index is 1.89. The summed E-state index contributed by atoms with van der Waals surface area (Å²) in [5.41, 5.74) is 3.46. The van der Waals surface area contributed by atoms with E-state index < -0.39 is 0 Å². The summed E-state index contributed by atoms with van der Waals surface area (Å²) >= 11 is 0. The third kappa shape index (κ3) is 2.95. The lowest BCUT2D eigenvalue weighted by atomic mass is 10.1. The Labute approximate surface area is 140 Å². The van der Waals surface area contributed by atoms with Crippen molar-refractivity contribution in [3.05, 3.63) is 41.5 Å². The highest BCUT2D eigenvalue weighted by Crippen LogP contribution is 2.35. The van der Waals surface area contributed by atoms with Gasteiger partial charge in [0.15, 0.2) is 11.5 Å². The molecule has 0 aromatic heterocycles. The standard InChI is InChI=1S/C18H20N2O4/c1-22-15-10-17(24-3)16(23-2)9-13(15)18(21)20-12-4-5-14-11(8-12)6-7-19-14/h4-5,8-10,19H,6-7H2,1-3H3,(H,20,21). The van der Waals surface area contributed by atoms with Crippen molar-refractivity contribution < 1.29 is 19.0 Å². The van der Waals surface area contributed by atoms with E-state index >= 15 is 0 Å². The lowest BCUT2D eigenvalue weighted by Gasteiger charge is -2.14. The van der Waals surface area contributed by atoms with E-state index in [-0.39, 0.29) is 5.91 Å². The number of anilines is 2. The first kappa shape index (κ1) is 16.0. The van der Waals surface area contributed by atoms with E-state index in [2.05, 4.69) is 10.6 Å². The fourth-order valence-electron chi connectivity index (χ4n) is 2.79. The van der Waals surface area contributed by atoms with Gasteiger partial charge in [0.1, 0.15) is 5.75 Å². The van der Waals surface area contributed by atoms with Crippen molar-refractivity contribution in [1.82, 2.24) is 0 Å². The average Bonchev–Trinajstić information content (AvgIpc) is 3.08. The van der Waals surface area contributed by atoms with Crippen LogP contribution < -0.4 is 24.8 Å². The summed E-state index contributed by atoms with van der Waals surface area (Å²) in [6, 6.07) is 9.09. The first-order valence-electron chi connectivity index (χ1n) is 7.64. The maximum atomic E-state index is 12.7. The Hall–Kier alpha value is -2.89. The van der Waals surface area contributed by atoms with Crippen LogP contribution in [0.2, 0.25) is 0 Å². The summed E-state index contributed by atoms with van der Waals surface area (Å²) in [6.07, 6.45) is 0.957. The van der Waals surface area contributed by atoms with Crippen LogP contribution in [0.25, 0.3) is 0 Å². The smallest absolute Gasteiger partial charge is 0.259 e. The van der Waals surface area contributed by atoms with Crippen LogP contribution >= 0.6 is 0 Å². The molecule has 0 aliphatic carbocycles. The van der Waals surface area contributed by atoms with Crippen molar-refractivity contribution in [2.75, 3.05) is 38.5 Å². The zero-order valence-electron chi connectivity index (χ0n) is 13.9. The van der Waals surface area contributed by atoms with Crippen LogP contribution in [0.1, 0.15) is 15.9 Å². The fourth-order valence-corrected chi connectivity index (χ4v) is 2.79. The number of rotatable bonds is 5. The van der Waals surface area contributed by atoms with Crippen molar-refractivity contribution >= 4 is 17.3 Å². The molecule has 2 aromatic rings. The van der Waals surface area contributed by atoms with Crippen LogP contribution in [-0.4, -0.2) is 33.8 Å². The molecule has 0 bridgehead atoms. The highest BCUT2D eigenvalue weighted by molar-refractivity contribution is 6.06. The van der Waals surface area contributed by atoms with E-state index in [9.17, 15) is 4.79 Å². The molecule has 1 aliphatic rings. The number of fused-ring (bicyclic) bond motifs is 1. The molecule has 3 rings (SSSR count). The minimum Gasteiger partial charge on any atom is -0.496 e. The van der Waals surface area contributed by atoms with E-state index in [0.29, 0.717) is 22.8 Å². The van der Waals surface area contributed by atoms with Crippen molar-refractivity contribution in [1.29, 1.82) is 0 Å². The van der Waals surface area contributed by atoms with Gasteiger partial charge in [-0.25, -0.2) is 0 Å². The van der Waals surface area contributed by atoms with Crippen LogP contribution in [0.5, 0.6) is 17.2 Å². The molecule has 1 amide bonds. The van der Waals surface area contributed by atoms with Gasteiger partial charge in [-0.3, -0.25) is 4.79 Å². The minimum absolute atomic E-state index is 0.265. The van der Waals surface area contributed by atoms with Gasteiger partial charge in [0, 0.05) is 30.1 Å². The first-order chi connectivity index (χ1) is 11.7. The maximum Gasteiger partial charge on any atom is 0.259 e. The van der Waals surface area contributed by atoms with E-state index in [1.165, 1.54) is 26.9 Å². The summed E-state index contributed by atoms with van der Waals surface area (Å²) in [5, 5.41) is 6.20. The van der Waals surface area contributed by atoms with Gasteiger partial charge < -0.3 is 24.8 Å². The molecule has 24 heavy (non-hydrogen) atoms. The van der Waals surface area contributed by atoms with Gasteiger partial charge >= 0.3 is 0 Å². The lowest BCUT2D eigenvalue weighted by molar-refractivity contribution is 0.102. The monoisotopic (exact) mass is 328 g/mol. The molecule has 0 saturated heterocycles. The minimum atomic E-state index is -0.265. The van der Waals surface area contributed by atoms with E-state index in [0.717, 1.165) is 24.3 Å². The Morgan fingerprint density at radius 1 is 1.00 bits per heavy atom. The highest BCUT2D eigenvalue weighted by atomic mass is 16.5. The van der Waals surface area contributed by atoms with Crippen LogP contribution in [0.3, 0.4) is 0 Å². The van der Waals surface area contributed by atoms with Crippen molar-refractivity contribution in [3.63, 3.8) is 0 Å². The molecule has 0 saturated carbocycles. The van der Waals surface area contributed by atoms with Gasteiger partial charge in [-0.15, -0.1) is 0 Å². The summed E-state index contributed by atoms with van der Waals surface area (Å²) < 4.78 is 15.8. The zero-order chi connectivity index (χ0) is 17.1. The molecule has 1 aliphatic heterocycles. The molecule has 0 fully saturated rings. The molecule has 1 heterocycles. The maximum absolute atomic E-state index is 12.7. The van der Waals surface area contributed by atoms with Gasteiger partial charge in [-0.05, 0) is 30.2 Å². The second kappa shape index (κ2) is 6.70. The number of carbonyl (C=O) groups excluding carboxylic acids is 1. The Morgan fingerprint density at radius 3 is 2.42 bits per heavy atom. The highest BCUT2D eigenvalue weighted by Gasteiger charge is 2.18. The van der Waals surface area contributed by atoms with Gasteiger partial charge in [0.2, 0.25) is 0 Å².